The molecule has 0 bridgehead atoms. The van der Waals surface area contributed by atoms with Gasteiger partial charge in [-0.1, -0.05) is 48.5 Å². The van der Waals surface area contributed by atoms with Gasteiger partial charge >= 0.3 is 5.97 Å². The highest BCUT2D eigenvalue weighted by Crippen LogP contribution is 2.20. The van der Waals surface area contributed by atoms with Gasteiger partial charge < -0.3 is 19.9 Å². The maximum Gasteiger partial charge on any atom is 0.328 e. The molecule has 0 unspecified atom stereocenters. The van der Waals surface area contributed by atoms with E-state index in [-0.39, 0.29) is 6.42 Å². The van der Waals surface area contributed by atoms with Crippen LogP contribution >= 0.6 is 0 Å². The van der Waals surface area contributed by atoms with Gasteiger partial charge in [-0.05, 0) is 17.2 Å². The molecule has 2 aromatic rings. The van der Waals surface area contributed by atoms with Crippen molar-refractivity contribution >= 4 is 11.9 Å². The summed E-state index contributed by atoms with van der Waals surface area (Å²) in [6, 6.07) is 14.8. The van der Waals surface area contributed by atoms with Crippen LogP contribution in [0.2, 0.25) is 0 Å². The largest absolute Gasteiger partial charge is 0.496 e. The van der Waals surface area contributed by atoms with Crippen LogP contribution in [0.15, 0.2) is 54.6 Å². The number of hydrogen-bond donors (Lipinski definition) is 2. The van der Waals surface area contributed by atoms with Gasteiger partial charge in [0.1, 0.15) is 11.8 Å². The second-order valence-corrected chi connectivity index (χ2v) is 5.41. The molecular weight excluding hydrogens is 322 g/mol. The molecule has 0 aliphatic carbocycles. The fourth-order valence-electron chi connectivity index (χ4n) is 2.46. The van der Waals surface area contributed by atoms with Crippen molar-refractivity contribution in [2.24, 2.45) is 0 Å². The normalized spacial score (nSPS) is 12.8. The van der Waals surface area contributed by atoms with Crippen LogP contribution in [-0.2, 0) is 20.7 Å². The van der Waals surface area contributed by atoms with Gasteiger partial charge in [-0.15, -0.1) is 0 Å². The van der Waals surface area contributed by atoms with E-state index in [2.05, 4.69) is 5.32 Å². The van der Waals surface area contributed by atoms with Crippen LogP contribution in [0.4, 0.5) is 0 Å². The van der Waals surface area contributed by atoms with Gasteiger partial charge in [-0.3, -0.25) is 4.79 Å². The number of para-hydroxylation sites is 1. The van der Waals surface area contributed by atoms with Crippen molar-refractivity contribution in [3.8, 4) is 5.75 Å². The van der Waals surface area contributed by atoms with E-state index in [1.807, 2.05) is 12.1 Å². The predicted octanol–water partition coefficient (Wildman–Crippen LogP) is 1.63. The van der Waals surface area contributed by atoms with E-state index < -0.39 is 24.0 Å². The summed E-state index contributed by atoms with van der Waals surface area (Å²) in [6.07, 6.45) is -1.18. The van der Waals surface area contributed by atoms with Crippen molar-refractivity contribution in [3.63, 3.8) is 0 Å². The lowest BCUT2D eigenvalue weighted by atomic mass is 10.0. The zero-order valence-corrected chi connectivity index (χ0v) is 14.1. The summed E-state index contributed by atoms with van der Waals surface area (Å²) in [5, 5.41) is 12.7. The number of aliphatic hydroxyl groups is 1. The number of hydrogen-bond acceptors (Lipinski definition) is 5. The quantitative estimate of drug-likeness (QED) is 0.747. The Morgan fingerprint density at radius 3 is 2.32 bits per heavy atom. The van der Waals surface area contributed by atoms with Gasteiger partial charge in [0.25, 0.3) is 5.91 Å². The summed E-state index contributed by atoms with van der Waals surface area (Å²) in [5.74, 6) is -0.662. The Kier molecular flexibility index (Phi) is 6.54. The lowest BCUT2D eigenvalue weighted by molar-refractivity contribution is -0.146. The molecule has 0 aliphatic heterocycles. The Morgan fingerprint density at radius 1 is 1.04 bits per heavy atom. The zero-order valence-electron chi connectivity index (χ0n) is 14.1. The first-order valence-electron chi connectivity index (χ1n) is 7.80. The van der Waals surface area contributed by atoms with E-state index in [9.17, 15) is 14.7 Å². The maximum absolute atomic E-state index is 12.3. The maximum atomic E-state index is 12.3. The molecule has 0 spiro atoms. The molecule has 132 valence electrons. The summed E-state index contributed by atoms with van der Waals surface area (Å²) in [5.41, 5.74) is 1.19. The molecule has 6 nitrogen and oxygen atoms in total. The summed E-state index contributed by atoms with van der Waals surface area (Å²) < 4.78 is 10.0. The molecule has 0 heterocycles. The van der Waals surface area contributed by atoms with Gasteiger partial charge in [-0.2, -0.15) is 0 Å². The molecule has 1 amide bonds. The minimum Gasteiger partial charge on any atom is -0.496 e. The number of carbonyl (C=O) groups excluding carboxylic acids is 2. The van der Waals surface area contributed by atoms with E-state index in [1.54, 1.807) is 42.5 Å². The highest BCUT2D eigenvalue weighted by Gasteiger charge is 2.27. The molecule has 2 rings (SSSR count). The molecule has 0 fully saturated rings. The number of methoxy groups -OCH3 is 2. The first kappa shape index (κ1) is 18.5. The first-order valence-corrected chi connectivity index (χ1v) is 7.80. The monoisotopic (exact) mass is 343 g/mol. The van der Waals surface area contributed by atoms with Crippen molar-refractivity contribution in [1.82, 2.24) is 5.32 Å². The van der Waals surface area contributed by atoms with Crippen LogP contribution in [0.3, 0.4) is 0 Å². The summed E-state index contributed by atoms with van der Waals surface area (Å²) in [6.45, 7) is 0. The molecule has 0 aromatic heterocycles. The van der Waals surface area contributed by atoms with Gasteiger partial charge in [-0.25, -0.2) is 4.79 Å². The minimum atomic E-state index is -1.37. The van der Waals surface area contributed by atoms with Gasteiger partial charge in [0.2, 0.25) is 0 Å². The number of rotatable bonds is 7. The molecule has 25 heavy (non-hydrogen) atoms. The molecule has 2 atom stereocenters. The molecule has 0 saturated heterocycles. The SMILES string of the molecule is COC(=O)[C@H](Cc1ccccc1OC)NC(=O)[C@@H](O)c1ccccc1. The van der Waals surface area contributed by atoms with E-state index >= 15 is 0 Å². The molecule has 0 aliphatic rings. The Labute approximate surface area is 146 Å². The lowest BCUT2D eigenvalue weighted by Gasteiger charge is -2.20. The molecule has 0 saturated carbocycles. The van der Waals surface area contributed by atoms with Crippen molar-refractivity contribution < 1.29 is 24.2 Å². The predicted molar refractivity (Wildman–Crippen MR) is 92.0 cm³/mol. The Morgan fingerprint density at radius 2 is 1.68 bits per heavy atom. The summed E-state index contributed by atoms with van der Waals surface area (Å²) in [7, 11) is 2.78. The fourth-order valence-corrected chi connectivity index (χ4v) is 2.46. The topological polar surface area (TPSA) is 84.9 Å². The van der Waals surface area contributed by atoms with Crippen LogP contribution in [0.25, 0.3) is 0 Å². The number of nitrogens with one attached hydrogen (secondary N) is 1. The van der Waals surface area contributed by atoms with E-state index in [4.69, 9.17) is 9.47 Å². The van der Waals surface area contributed by atoms with Gasteiger partial charge in [0, 0.05) is 6.42 Å². The average Bonchev–Trinajstić information content (AvgIpc) is 2.67. The molecule has 0 radical (unpaired) electrons. The number of amides is 1. The summed E-state index contributed by atoms with van der Waals surface area (Å²) >= 11 is 0. The third-order valence-electron chi connectivity index (χ3n) is 3.78. The van der Waals surface area contributed by atoms with Gasteiger partial charge in [0.15, 0.2) is 6.10 Å². The fraction of sp³-hybridized carbons (Fsp3) is 0.263. The first-order chi connectivity index (χ1) is 12.1. The molecular formula is C19H21NO5. The van der Waals surface area contributed by atoms with Crippen molar-refractivity contribution in [1.29, 1.82) is 0 Å². The Balaban J connectivity index is 2.15. The third-order valence-corrected chi connectivity index (χ3v) is 3.78. The van der Waals surface area contributed by atoms with Crippen LogP contribution < -0.4 is 10.1 Å². The van der Waals surface area contributed by atoms with Crippen LogP contribution in [0.1, 0.15) is 17.2 Å². The second kappa shape index (κ2) is 8.84. The number of benzene rings is 2. The highest BCUT2D eigenvalue weighted by atomic mass is 16.5. The zero-order chi connectivity index (χ0) is 18.2. The van der Waals surface area contributed by atoms with E-state index in [0.29, 0.717) is 11.3 Å². The van der Waals surface area contributed by atoms with Crippen LogP contribution in [-0.4, -0.2) is 37.2 Å². The van der Waals surface area contributed by atoms with Crippen molar-refractivity contribution in [2.45, 2.75) is 18.6 Å². The summed E-state index contributed by atoms with van der Waals surface area (Å²) in [4.78, 5) is 24.4. The Bertz CT molecular complexity index is 717. The van der Waals surface area contributed by atoms with Crippen LogP contribution in [0.5, 0.6) is 5.75 Å². The number of esters is 1. The second-order valence-electron chi connectivity index (χ2n) is 5.41. The van der Waals surface area contributed by atoms with Crippen LogP contribution in [0, 0.1) is 0 Å². The molecule has 2 N–H and O–H groups in total. The van der Waals surface area contributed by atoms with E-state index in [0.717, 1.165) is 5.56 Å². The number of aliphatic hydroxyl groups excluding tert-OH is 1. The smallest absolute Gasteiger partial charge is 0.328 e. The molecule has 2 aromatic carbocycles. The standard InChI is InChI=1S/C19H21NO5/c1-24-16-11-7-6-10-14(16)12-15(19(23)25-2)20-18(22)17(21)13-8-4-3-5-9-13/h3-11,15,17,21H,12H2,1-2H3,(H,20,22)/t15-,17-/m0/s1. The minimum absolute atomic E-state index is 0.184. The van der Waals surface area contributed by atoms with Crippen molar-refractivity contribution in [2.75, 3.05) is 14.2 Å². The lowest BCUT2D eigenvalue weighted by Crippen LogP contribution is -2.45. The third kappa shape index (κ3) is 4.81. The number of ether oxygens (including phenoxy) is 2. The Hall–Kier alpha value is -2.86. The molecule has 6 heteroatoms. The highest BCUT2D eigenvalue weighted by molar-refractivity contribution is 5.87. The number of carbonyl (C=O) groups is 2. The van der Waals surface area contributed by atoms with Crippen molar-refractivity contribution in [3.05, 3.63) is 65.7 Å². The average molecular weight is 343 g/mol. The van der Waals surface area contributed by atoms with Gasteiger partial charge in [0.05, 0.1) is 14.2 Å². The van der Waals surface area contributed by atoms with E-state index in [1.165, 1.54) is 14.2 Å².